The van der Waals surface area contributed by atoms with Gasteiger partial charge in [-0.2, -0.15) is 0 Å². The van der Waals surface area contributed by atoms with Crippen LogP contribution in [0.5, 0.6) is 0 Å². The van der Waals surface area contributed by atoms with E-state index in [1.165, 1.54) is 193 Å². The van der Waals surface area contributed by atoms with Crippen LogP contribution in [-0.2, 0) is 19.1 Å². The van der Waals surface area contributed by atoms with Gasteiger partial charge in [0, 0.05) is 19.3 Å². The first kappa shape index (κ1) is 58.7. The number of aliphatic hydroxyl groups excluding tert-OH is 2. The fourth-order valence-corrected chi connectivity index (χ4v) is 8.86. The molecule has 0 bridgehead atoms. The summed E-state index contributed by atoms with van der Waals surface area (Å²) in [6.07, 6.45) is 48.9. The number of carbonyl (C=O) groups is 3. The highest BCUT2D eigenvalue weighted by atomic mass is 16.6. The summed E-state index contributed by atoms with van der Waals surface area (Å²) in [7, 11) is 0. The van der Waals surface area contributed by atoms with Gasteiger partial charge < -0.3 is 14.9 Å². The lowest BCUT2D eigenvalue weighted by Gasteiger charge is -2.34. The highest BCUT2D eigenvalue weighted by Gasteiger charge is 2.53. The van der Waals surface area contributed by atoms with Crippen LogP contribution in [0.4, 0.5) is 0 Å². The Morgan fingerprint density at radius 1 is 0.350 bits per heavy atom. The van der Waals surface area contributed by atoms with Gasteiger partial charge in [-0.1, -0.05) is 271 Å². The van der Waals surface area contributed by atoms with Gasteiger partial charge in [0.15, 0.2) is 11.6 Å². The van der Waals surface area contributed by atoms with Gasteiger partial charge in [0.05, 0.1) is 6.61 Å². The maximum atomic E-state index is 13.9. The quantitative estimate of drug-likeness (QED) is 0.0359. The molecule has 60 heavy (non-hydrogen) atoms. The Bertz CT molecular complexity index is 889. The van der Waals surface area contributed by atoms with Crippen LogP contribution in [0.1, 0.15) is 310 Å². The van der Waals surface area contributed by atoms with Crippen molar-refractivity contribution >= 4 is 17.5 Å². The Morgan fingerprint density at radius 2 is 0.550 bits per heavy atom. The third kappa shape index (κ3) is 34.2. The number of esters is 1. The van der Waals surface area contributed by atoms with E-state index in [2.05, 4.69) is 20.8 Å². The summed E-state index contributed by atoms with van der Waals surface area (Å²) in [4.78, 5) is 41.2. The second-order valence-electron chi connectivity index (χ2n) is 18.8. The van der Waals surface area contributed by atoms with Crippen molar-refractivity contribution in [3.63, 3.8) is 0 Å². The Kier molecular flexibility index (Phi) is 44.8. The summed E-state index contributed by atoms with van der Waals surface area (Å²) in [6, 6.07) is 0. The average Bonchev–Trinajstić information content (AvgIpc) is 3.25. The van der Waals surface area contributed by atoms with E-state index in [1.807, 2.05) is 0 Å². The normalized spacial score (nSPS) is 12.3. The van der Waals surface area contributed by atoms with Gasteiger partial charge in [0.25, 0.3) is 5.60 Å². The topological polar surface area (TPSA) is 101 Å². The van der Waals surface area contributed by atoms with Crippen LogP contribution in [0.2, 0.25) is 0 Å². The number of rotatable bonds is 50. The van der Waals surface area contributed by atoms with Crippen molar-refractivity contribution in [2.24, 2.45) is 0 Å². The lowest BCUT2D eigenvalue weighted by molar-refractivity contribution is -0.188. The molecule has 0 saturated heterocycles. The molecule has 356 valence electrons. The van der Waals surface area contributed by atoms with E-state index >= 15 is 0 Å². The van der Waals surface area contributed by atoms with Crippen LogP contribution >= 0.6 is 0 Å². The van der Waals surface area contributed by atoms with Gasteiger partial charge in [-0.25, -0.2) is 0 Å². The number of carbonyl (C=O) groups excluding carboxylic acids is 3. The summed E-state index contributed by atoms with van der Waals surface area (Å²) < 4.78 is 5.82. The molecule has 0 aliphatic rings. The second-order valence-corrected chi connectivity index (χ2v) is 18.8. The lowest BCUT2D eigenvalue weighted by atomic mass is 9.82. The molecule has 2 N–H and O–H groups in total. The molecular weight excluding hydrogens is 745 g/mol. The fraction of sp³-hybridized carbons (Fsp3) is 0.944. The third-order valence-electron chi connectivity index (χ3n) is 13.0. The molecular formula is C54H104O6. The minimum atomic E-state index is -2.31. The standard InChI is InChI=1S/C54H104O6/c1-4-7-10-13-16-19-22-25-28-31-34-37-40-43-46-50(56)54(52(58)49-55,51(57)47-44-41-38-35-32-29-26-23-20-17-14-11-8-5-2)60-53(59)48-45-42-39-36-33-30-27-24-21-18-15-12-9-6-3/h52,55,58H,4-49H2,1-3H3. The van der Waals surface area contributed by atoms with Crippen molar-refractivity contribution in [3.8, 4) is 0 Å². The molecule has 0 spiro atoms. The van der Waals surface area contributed by atoms with Gasteiger partial charge >= 0.3 is 5.97 Å². The van der Waals surface area contributed by atoms with Crippen LogP contribution in [0.15, 0.2) is 0 Å². The van der Waals surface area contributed by atoms with Gasteiger partial charge in [-0.05, 0) is 19.3 Å². The Labute approximate surface area is 373 Å². The summed E-state index contributed by atoms with van der Waals surface area (Å²) in [6.45, 7) is 5.97. The molecule has 0 rings (SSSR count). The summed E-state index contributed by atoms with van der Waals surface area (Å²) in [5, 5.41) is 21.2. The molecule has 0 saturated carbocycles. The van der Waals surface area contributed by atoms with Crippen LogP contribution < -0.4 is 0 Å². The highest BCUT2D eigenvalue weighted by molar-refractivity contribution is 6.12. The van der Waals surface area contributed by atoms with Crippen LogP contribution in [-0.4, -0.2) is 46.1 Å². The maximum Gasteiger partial charge on any atom is 0.307 e. The second kappa shape index (κ2) is 45.7. The summed E-state index contributed by atoms with van der Waals surface area (Å²) in [5.74, 6) is -1.72. The minimum Gasteiger partial charge on any atom is -0.440 e. The fourth-order valence-electron chi connectivity index (χ4n) is 8.86. The van der Waals surface area contributed by atoms with Gasteiger partial charge in [-0.15, -0.1) is 0 Å². The van der Waals surface area contributed by atoms with E-state index in [9.17, 15) is 24.6 Å². The van der Waals surface area contributed by atoms with E-state index in [0.29, 0.717) is 19.3 Å². The number of aliphatic hydroxyl groups is 2. The molecule has 0 aliphatic heterocycles. The van der Waals surface area contributed by atoms with Gasteiger partial charge in [0.1, 0.15) is 6.10 Å². The van der Waals surface area contributed by atoms with Gasteiger partial charge in [-0.3, -0.25) is 14.4 Å². The van der Waals surface area contributed by atoms with E-state index in [4.69, 9.17) is 4.74 Å². The molecule has 0 aromatic carbocycles. The summed E-state index contributed by atoms with van der Waals surface area (Å²) in [5.41, 5.74) is -2.31. The smallest absolute Gasteiger partial charge is 0.307 e. The molecule has 0 aromatic rings. The first-order valence-electron chi connectivity index (χ1n) is 27.0. The highest BCUT2D eigenvalue weighted by Crippen LogP contribution is 2.28. The monoisotopic (exact) mass is 849 g/mol. The maximum absolute atomic E-state index is 13.9. The zero-order valence-electron chi connectivity index (χ0n) is 40.6. The largest absolute Gasteiger partial charge is 0.440 e. The molecule has 0 heterocycles. The molecule has 1 atom stereocenters. The molecule has 6 heteroatoms. The van der Waals surface area contributed by atoms with Crippen LogP contribution in [0.3, 0.4) is 0 Å². The Balaban J connectivity index is 4.86. The lowest BCUT2D eigenvalue weighted by Crippen LogP contribution is -2.60. The third-order valence-corrected chi connectivity index (χ3v) is 13.0. The first-order chi connectivity index (χ1) is 29.4. The minimum absolute atomic E-state index is 0.0612. The van der Waals surface area contributed by atoms with Crippen molar-refractivity contribution < 1.29 is 29.3 Å². The number of ether oxygens (including phenoxy) is 1. The van der Waals surface area contributed by atoms with Gasteiger partial charge in [0.2, 0.25) is 0 Å². The molecule has 1 unspecified atom stereocenters. The van der Waals surface area contributed by atoms with Crippen molar-refractivity contribution in [2.75, 3.05) is 6.61 Å². The number of hydrogen-bond acceptors (Lipinski definition) is 6. The average molecular weight is 849 g/mol. The number of hydrogen-bond donors (Lipinski definition) is 2. The van der Waals surface area contributed by atoms with E-state index in [-0.39, 0.29) is 19.3 Å². The van der Waals surface area contributed by atoms with Crippen molar-refractivity contribution in [1.82, 2.24) is 0 Å². The molecule has 6 nitrogen and oxygen atoms in total. The first-order valence-corrected chi connectivity index (χ1v) is 27.0. The molecule has 0 fully saturated rings. The van der Waals surface area contributed by atoms with E-state index in [0.717, 1.165) is 57.8 Å². The predicted molar refractivity (Wildman–Crippen MR) is 257 cm³/mol. The van der Waals surface area contributed by atoms with Crippen molar-refractivity contribution in [3.05, 3.63) is 0 Å². The van der Waals surface area contributed by atoms with E-state index < -0.39 is 35.8 Å². The van der Waals surface area contributed by atoms with E-state index in [1.54, 1.807) is 0 Å². The SMILES string of the molecule is CCCCCCCCCCCCCCCCC(=O)OC(C(=O)CCCCCCCCCCCCCCCC)(C(=O)CCCCCCCCCCCCCCCC)C(O)CO. The number of ketones is 2. The van der Waals surface area contributed by atoms with Crippen molar-refractivity contribution in [1.29, 1.82) is 0 Å². The number of unbranched alkanes of at least 4 members (excludes halogenated alkanes) is 39. The molecule has 0 amide bonds. The zero-order chi connectivity index (χ0) is 44.0. The van der Waals surface area contributed by atoms with Crippen molar-refractivity contribution in [2.45, 2.75) is 321 Å². The molecule has 0 aliphatic carbocycles. The predicted octanol–water partition coefficient (Wildman–Crippen LogP) is 16.4. The van der Waals surface area contributed by atoms with Crippen LogP contribution in [0, 0.1) is 0 Å². The summed E-state index contributed by atoms with van der Waals surface area (Å²) >= 11 is 0. The van der Waals surface area contributed by atoms with Crippen LogP contribution in [0.25, 0.3) is 0 Å². The Hall–Kier alpha value is -1.27. The number of Topliss-reactive ketones (excluding diaryl/α,β-unsaturated/α-hetero) is 2. The zero-order valence-corrected chi connectivity index (χ0v) is 40.6. The Morgan fingerprint density at radius 3 is 0.767 bits per heavy atom. The molecule has 0 radical (unpaired) electrons. The molecule has 0 aromatic heterocycles.